The van der Waals surface area contributed by atoms with Crippen LogP contribution in [0.5, 0.6) is 11.5 Å². The van der Waals surface area contributed by atoms with E-state index in [9.17, 15) is 9.59 Å². The summed E-state index contributed by atoms with van der Waals surface area (Å²) in [6.45, 7) is 9.84. The van der Waals surface area contributed by atoms with Gasteiger partial charge >= 0.3 is 6.09 Å². The number of hydrogen-bond donors (Lipinski definition) is 0. The summed E-state index contributed by atoms with van der Waals surface area (Å²) in [7, 11) is 0. The minimum atomic E-state index is -0.529. The molecule has 7 heteroatoms. The van der Waals surface area contributed by atoms with Crippen LogP contribution >= 0.6 is 0 Å². The average Bonchev–Trinajstić information content (AvgIpc) is 2.59. The molecule has 2 aliphatic rings. The van der Waals surface area contributed by atoms with Crippen molar-refractivity contribution in [2.24, 2.45) is 0 Å². The third-order valence-electron chi connectivity index (χ3n) is 4.33. The highest BCUT2D eigenvalue weighted by Gasteiger charge is 2.32. The monoisotopic (exact) mass is 362 g/mol. The van der Waals surface area contributed by atoms with Crippen LogP contribution in [0, 0.1) is 0 Å². The van der Waals surface area contributed by atoms with E-state index in [0.29, 0.717) is 49.9 Å². The summed E-state index contributed by atoms with van der Waals surface area (Å²) in [5.41, 5.74) is 0.0326. The Morgan fingerprint density at radius 2 is 1.81 bits per heavy atom. The summed E-state index contributed by atoms with van der Waals surface area (Å²) in [6.07, 6.45) is -0.337. The summed E-state index contributed by atoms with van der Waals surface area (Å²) >= 11 is 0. The van der Waals surface area contributed by atoms with Gasteiger partial charge in [-0.25, -0.2) is 4.79 Å². The third kappa shape index (κ3) is 4.03. The van der Waals surface area contributed by atoms with E-state index in [0.717, 1.165) is 0 Å². The molecule has 2 heterocycles. The van der Waals surface area contributed by atoms with Crippen LogP contribution < -0.4 is 9.47 Å². The summed E-state index contributed by atoms with van der Waals surface area (Å²) in [5, 5.41) is 0. The van der Waals surface area contributed by atoms with Gasteiger partial charge in [0.2, 0.25) is 0 Å². The molecule has 1 saturated heterocycles. The van der Waals surface area contributed by atoms with Crippen molar-refractivity contribution >= 4 is 12.0 Å². The first kappa shape index (κ1) is 18.4. The number of benzene rings is 1. The zero-order valence-corrected chi connectivity index (χ0v) is 15.8. The van der Waals surface area contributed by atoms with E-state index in [4.69, 9.17) is 14.2 Å². The normalized spacial score (nSPS) is 19.9. The van der Waals surface area contributed by atoms with Crippen molar-refractivity contribution in [2.45, 2.75) is 39.3 Å². The van der Waals surface area contributed by atoms with Gasteiger partial charge in [-0.1, -0.05) is 0 Å². The quantitative estimate of drug-likeness (QED) is 0.768. The Bertz CT molecular complexity index is 698. The number of amides is 2. The first-order chi connectivity index (χ1) is 12.2. The zero-order valence-electron chi connectivity index (χ0n) is 15.8. The molecule has 0 aliphatic carbocycles. The zero-order chi connectivity index (χ0) is 18.9. The molecule has 0 N–H and O–H groups in total. The minimum Gasteiger partial charge on any atom is -0.486 e. The van der Waals surface area contributed by atoms with Gasteiger partial charge in [0.1, 0.15) is 18.8 Å². The van der Waals surface area contributed by atoms with E-state index in [1.807, 2.05) is 27.7 Å². The fourth-order valence-corrected chi connectivity index (χ4v) is 3.09. The van der Waals surface area contributed by atoms with Gasteiger partial charge in [0.05, 0.1) is 0 Å². The van der Waals surface area contributed by atoms with Gasteiger partial charge in [-0.2, -0.15) is 0 Å². The minimum absolute atomic E-state index is 0.0710. The average molecular weight is 362 g/mol. The van der Waals surface area contributed by atoms with E-state index in [2.05, 4.69) is 0 Å². The maximum atomic E-state index is 12.9. The molecule has 2 aliphatic heterocycles. The molecule has 3 rings (SSSR count). The van der Waals surface area contributed by atoms with Gasteiger partial charge in [-0.15, -0.1) is 0 Å². The van der Waals surface area contributed by atoms with Crippen LogP contribution in [0.1, 0.15) is 38.1 Å². The lowest BCUT2D eigenvalue weighted by atomic mass is 10.1. The van der Waals surface area contributed by atoms with E-state index in [-0.39, 0.29) is 18.0 Å². The summed E-state index contributed by atoms with van der Waals surface area (Å²) in [4.78, 5) is 28.6. The lowest BCUT2D eigenvalue weighted by molar-refractivity contribution is 0.00616. The molecule has 0 aromatic heterocycles. The van der Waals surface area contributed by atoms with Crippen LogP contribution in [0.2, 0.25) is 0 Å². The van der Waals surface area contributed by atoms with Crippen molar-refractivity contribution < 1.29 is 23.8 Å². The molecule has 2 amide bonds. The van der Waals surface area contributed by atoms with Crippen LogP contribution in [0.3, 0.4) is 0 Å². The number of fused-ring (bicyclic) bond motifs is 1. The molecule has 0 spiro atoms. The van der Waals surface area contributed by atoms with Crippen molar-refractivity contribution in [3.8, 4) is 11.5 Å². The molecule has 1 fully saturated rings. The van der Waals surface area contributed by atoms with Gasteiger partial charge in [-0.3, -0.25) is 4.79 Å². The van der Waals surface area contributed by atoms with E-state index < -0.39 is 5.60 Å². The van der Waals surface area contributed by atoms with Gasteiger partial charge in [0.25, 0.3) is 5.91 Å². The topological polar surface area (TPSA) is 68.3 Å². The highest BCUT2D eigenvalue weighted by atomic mass is 16.6. The molecular formula is C19H26N2O5. The fourth-order valence-electron chi connectivity index (χ4n) is 3.09. The molecule has 0 radical (unpaired) electrons. The largest absolute Gasteiger partial charge is 0.486 e. The molecule has 0 saturated carbocycles. The van der Waals surface area contributed by atoms with Gasteiger partial charge < -0.3 is 24.0 Å². The Kier molecular flexibility index (Phi) is 4.98. The smallest absolute Gasteiger partial charge is 0.410 e. The van der Waals surface area contributed by atoms with Gasteiger partial charge in [0, 0.05) is 31.2 Å². The second kappa shape index (κ2) is 7.05. The second-order valence-electron chi connectivity index (χ2n) is 7.63. The van der Waals surface area contributed by atoms with Crippen molar-refractivity contribution in [1.29, 1.82) is 0 Å². The first-order valence-electron chi connectivity index (χ1n) is 8.93. The molecule has 7 nitrogen and oxygen atoms in total. The van der Waals surface area contributed by atoms with E-state index >= 15 is 0 Å². The number of carbonyl (C=O) groups is 2. The molecule has 1 aromatic carbocycles. The SMILES string of the molecule is CC1CN(C(=O)OC(C)(C)C)CCN1C(=O)c1ccc2c(c1)OCCO2. The maximum Gasteiger partial charge on any atom is 0.410 e. The Morgan fingerprint density at radius 1 is 1.12 bits per heavy atom. The van der Waals surface area contributed by atoms with Crippen LogP contribution in [0.4, 0.5) is 4.79 Å². The number of rotatable bonds is 1. The summed E-state index contributed by atoms with van der Waals surface area (Å²) in [5.74, 6) is 1.19. The molecule has 1 unspecified atom stereocenters. The van der Waals surface area contributed by atoms with Crippen LogP contribution in [-0.2, 0) is 4.74 Å². The Labute approximate surface area is 153 Å². The van der Waals surface area contributed by atoms with Gasteiger partial charge in [-0.05, 0) is 45.9 Å². The lowest BCUT2D eigenvalue weighted by Gasteiger charge is -2.40. The number of ether oxygens (including phenoxy) is 3. The third-order valence-corrected chi connectivity index (χ3v) is 4.33. The number of piperazine rings is 1. The number of carbonyl (C=O) groups excluding carboxylic acids is 2. The van der Waals surface area contributed by atoms with E-state index in [1.54, 1.807) is 28.0 Å². The predicted molar refractivity (Wildman–Crippen MR) is 95.7 cm³/mol. The van der Waals surface area contributed by atoms with Gasteiger partial charge in [0.15, 0.2) is 11.5 Å². The highest BCUT2D eigenvalue weighted by Crippen LogP contribution is 2.31. The highest BCUT2D eigenvalue weighted by molar-refractivity contribution is 5.95. The molecular weight excluding hydrogens is 336 g/mol. The Morgan fingerprint density at radius 3 is 2.46 bits per heavy atom. The standard InChI is InChI=1S/C19H26N2O5/c1-13-12-20(18(23)26-19(2,3)4)7-8-21(13)17(22)14-5-6-15-16(11-14)25-10-9-24-15/h5-6,11,13H,7-10,12H2,1-4H3. The Balaban J connectivity index is 1.66. The summed E-state index contributed by atoms with van der Waals surface area (Å²) < 4.78 is 16.5. The Hall–Kier alpha value is -2.44. The molecule has 26 heavy (non-hydrogen) atoms. The van der Waals surface area contributed by atoms with Crippen molar-refractivity contribution in [3.63, 3.8) is 0 Å². The molecule has 0 bridgehead atoms. The first-order valence-corrected chi connectivity index (χ1v) is 8.93. The fraction of sp³-hybridized carbons (Fsp3) is 0.579. The van der Waals surface area contributed by atoms with E-state index in [1.165, 1.54) is 0 Å². The van der Waals surface area contributed by atoms with Crippen LogP contribution in [0.15, 0.2) is 18.2 Å². The molecule has 142 valence electrons. The predicted octanol–water partition coefficient (Wildman–Crippen LogP) is 2.54. The second-order valence-corrected chi connectivity index (χ2v) is 7.63. The maximum absolute atomic E-state index is 12.9. The van der Waals surface area contributed by atoms with Crippen LogP contribution in [0.25, 0.3) is 0 Å². The molecule has 1 atom stereocenters. The number of hydrogen-bond acceptors (Lipinski definition) is 5. The number of nitrogens with zero attached hydrogens (tertiary/aromatic N) is 2. The van der Waals surface area contributed by atoms with Crippen molar-refractivity contribution in [1.82, 2.24) is 9.80 Å². The molecule has 1 aromatic rings. The van der Waals surface area contributed by atoms with Crippen LogP contribution in [-0.4, -0.2) is 66.3 Å². The lowest BCUT2D eigenvalue weighted by Crippen LogP contribution is -2.56. The summed E-state index contributed by atoms with van der Waals surface area (Å²) in [6, 6.07) is 5.15. The van der Waals surface area contributed by atoms with Crippen molar-refractivity contribution in [3.05, 3.63) is 23.8 Å². The van der Waals surface area contributed by atoms with Crippen molar-refractivity contribution in [2.75, 3.05) is 32.8 Å².